The van der Waals surface area contributed by atoms with Gasteiger partial charge >= 0.3 is 0 Å². The van der Waals surface area contributed by atoms with Gasteiger partial charge in [0, 0.05) is 48.3 Å². The van der Waals surface area contributed by atoms with Gasteiger partial charge in [-0.05, 0) is 48.9 Å². The van der Waals surface area contributed by atoms with Gasteiger partial charge in [0.05, 0.1) is 7.11 Å². The first-order valence-electron chi connectivity index (χ1n) is 11.0. The zero-order valence-electron chi connectivity index (χ0n) is 18.5. The fourth-order valence-electron chi connectivity index (χ4n) is 3.88. The lowest BCUT2D eigenvalue weighted by atomic mass is 10.1. The Kier molecular flexibility index (Phi) is 6.59. The van der Waals surface area contributed by atoms with E-state index in [1.54, 1.807) is 31.4 Å². The van der Waals surface area contributed by atoms with Gasteiger partial charge in [-0.25, -0.2) is 0 Å². The molecule has 32 heavy (non-hydrogen) atoms. The van der Waals surface area contributed by atoms with Crippen LogP contribution in [0, 0.1) is 0 Å². The van der Waals surface area contributed by atoms with Crippen molar-refractivity contribution in [3.05, 3.63) is 71.5 Å². The van der Waals surface area contributed by atoms with E-state index in [1.807, 2.05) is 35.2 Å². The van der Waals surface area contributed by atoms with Crippen molar-refractivity contribution in [2.45, 2.75) is 39.2 Å². The number of anilines is 1. The average molecular weight is 433 g/mol. The molecule has 4 rings (SSSR count). The summed E-state index contributed by atoms with van der Waals surface area (Å²) in [6, 6.07) is 16.9. The third-order valence-electron chi connectivity index (χ3n) is 5.68. The molecular formula is C26H28N2O4. The highest BCUT2D eigenvalue weighted by Gasteiger charge is 2.25. The maximum absolute atomic E-state index is 12.9. The van der Waals surface area contributed by atoms with Gasteiger partial charge in [0.15, 0.2) is 0 Å². The summed E-state index contributed by atoms with van der Waals surface area (Å²) in [6.07, 6.45) is 3.06. The lowest BCUT2D eigenvalue weighted by molar-refractivity contribution is -0.116. The largest absolute Gasteiger partial charge is 0.497 e. The highest BCUT2D eigenvalue weighted by Crippen LogP contribution is 2.31. The highest BCUT2D eigenvalue weighted by atomic mass is 16.5. The van der Waals surface area contributed by atoms with Gasteiger partial charge < -0.3 is 19.4 Å². The molecule has 0 unspecified atom stereocenters. The first-order chi connectivity index (χ1) is 15.6. The predicted molar refractivity (Wildman–Crippen MR) is 124 cm³/mol. The quantitative estimate of drug-likeness (QED) is 0.551. The van der Waals surface area contributed by atoms with E-state index in [4.69, 9.17) is 9.15 Å². The number of methoxy groups -OCH3 is 1. The second-order valence-electron chi connectivity index (χ2n) is 8.00. The molecule has 0 atom stereocenters. The Morgan fingerprint density at radius 1 is 1.12 bits per heavy atom. The van der Waals surface area contributed by atoms with Crippen LogP contribution in [0.25, 0.3) is 11.3 Å². The monoisotopic (exact) mass is 432 g/mol. The van der Waals surface area contributed by atoms with Gasteiger partial charge in [-0.2, -0.15) is 0 Å². The molecule has 3 aromatic rings. The smallest absolute Gasteiger partial charge is 0.254 e. The number of rotatable bonds is 7. The van der Waals surface area contributed by atoms with Crippen LogP contribution >= 0.6 is 0 Å². The van der Waals surface area contributed by atoms with Crippen LogP contribution in [-0.4, -0.2) is 30.4 Å². The van der Waals surface area contributed by atoms with Crippen molar-refractivity contribution >= 4 is 17.5 Å². The summed E-state index contributed by atoms with van der Waals surface area (Å²) in [5.74, 6) is 2.41. The first-order valence-corrected chi connectivity index (χ1v) is 11.0. The Labute approximate surface area is 188 Å². The Morgan fingerprint density at radius 3 is 2.69 bits per heavy atom. The molecule has 1 N–H and O–H groups in total. The minimum absolute atomic E-state index is 0.00200. The van der Waals surface area contributed by atoms with Gasteiger partial charge in [-0.1, -0.05) is 25.5 Å². The third-order valence-corrected chi connectivity index (χ3v) is 5.68. The van der Waals surface area contributed by atoms with Gasteiger partial charge in [0.1, 0.15) is 17.3 Å². The second-order valence-corrected chi connectivity index (χ2v) is 8.00. The molecule has 0 saturated carbocycles. The number of furan rings is 1. The van der Waals surface area contributed by atoms with Crippen LogP contribution < -0.4 is 10.1 Å². The summed E-state index contributed by atoms with van der Waals surface area (Å²) in [5.41, 5.74) is 3.32. The molecule has 0 spiro atoms. The van der Waals surface area contributed by atoms with Gasteiger partial charge in [0.25, 0.3) is 5.91 Å². The number of fused-ring (bicyclic) bond motifs is 1. The number of hydrogen-bond acceptors (Lipinski definition) is 4. The summed E-state index contributed by atoms with van der Waals surface area (Å²) in [7, 11) is 1.61. The molecule has 2 amide bonds. The number of ether oxygens (including phenoxy) is 1. The molecule has 2 aromatic carbocycles. The molecule has 6 nitrogen and oxygen atoms in total. The fourth-order valence-corrected chi connectivity index (χ4v) is 3.88. The fraction of sp³-hybridized carbons (Fsp3) is 0.308. The van der Waals surface area contributed by atoms with Crippen molar-refractivity contribution in [2.24, 2.45) is 0 Å². The highest BCUT2D eigenvalue weighted by molar-refractivity contribution is 5.94. The maximum atomic E-state index is 12.9. The Morgan fingerprint density at radius 2 is 1.94 bits per heavy atom. The molecule has 1 aromatic heterocycles. The van der Waals surface area contributed by atoms with E-state index in [-0.39, 0.29) is 11.8 Å². The third kappa shape index (κ3) is 4.85. The van der Waals surface area contributed by atoms with Crippen LogP contribution in [-0.2, 0) is 17.8 Å². The number of nitrogens with one attached hydrogen (secondary N) is 1. The van der Waals surface area contributed by atoms with E-state index in [0.29, 0.717) is 31.5 Å². The van der Waals surface area contributed by atoms with Crippen molar-refractivity contribution in [1.29, 1.82) is 0 Å². The van der Waals surface area contributed by atoms with Gasteiger partial charge in [-0.3, -0.25) is 9.59 Å². The van der Waals surface area contributed by atoms with E-state index >= 15 is 0 Å². The van der Waals surface area contributed by atoms with Crippen LogP contribution in [0.1, 0.15) is 47.9 Å². The number of carbonyl (C=O) groups is 2. The Bertz CT molecular complexity index is 1100. The lowest BCUT2D eigenvalue weighted by Crippen LogP contribution is -2.35. The zero-order valence-corrected chi connectivity index (χ0v) is 18.5. The zero-order chi connectivity index (χ0) is 22.5. The number of nitrogens with zero attached hydrogens (tertiary/aromatic N) is 1. The van der Waals surface area contributed by atoms with E-state index in [0.717, 1.165) is 46.9 Å². The topological polar surface area (TPSA) is 71.8 Å². The molecule has 2 heterocycles. The number of benzene rings is 2. The van der Waals surface area contributed by atoms with Crippen LogP contribution in [0.15, 0.2) is 59.0 Å². The molecule has 1 aliphatic heterocycles. The molecule has 0 fully saturated rings. The van der Waals surface area contributed by atoms with Gasteiger partial charge in [-0.15, -0.1) is 0 Å². The van der Waals surface area contributed by atoms with E-state index in [2.05, 4.69) is 12.2 Å². The van der Waals surface area contributed by atoms with Crippen molar-refractivity contribution in [3.63, 3.8) is 0 Å². The predicted octanol–water partition coefficient (Wildman–Crippen LogP) is 5.28. The van der Waals surface area contributed by atoms with Crippen molar-refractivity contribution < 1.29 is 18.7 Å². The molecule has 0 bridgehead atoms. The van der Waals surface area contributed by atoms with Crippen molar-refractivity contribution in [3.8, 4) is 17.1 Å². The molecule has 166 valence electrons. The average Bonchev–Trinajstić information content (AvgIpc) is 3.26. The minimum atomic E-state index is -0.00200. The summed E-state index contributed by atoms with van der Waals surface area (Å²) in [4.78, 5) is 26.8. The maximum Gasteiger partial charge on any atom is 0.254 e. The van der Waals surface area contributed by atoms with Gasteiger partial charge in [0.2, 0.25) is 5.91 Å². The molecule has 0 aliphatic carbocycles. The number of hydrogen-bond donors (Lipinski definition) is 1. The van der Waals surface area contributed by atoms with Crippen LogP contribution in [0.4, 0.5) is 5.69 Å². The number of unbranched alkanes of at least 4 members (excludes halogenated alkanes) is 1. The Balaban J connectivity index is 1.47. The normalized spacial score (nSPS) is 12.9. The molecular weight excluding hydrogens is 404 g/mol. The second kappa shape index (κ2) is 9.73. The van der Waals surface area contributed by atoms with E-state index in [1.165, 1.54) is 0 Å². The standard InChI is InChI=1S/C26H28N2O4/c1-3-4-8-25(29)27-21-7-5-6-19(15-21)24-16-20-17-28(14-13-23(20)32-24)26(30)18-9-11-22(31-2)12-10-18/h5-7,9-12,15-16H,3-4,8,13-14,17H2,1-2H3,(H,27,29). The van der Waals surface area contributed by atoms with Crippen LogP contribution in [0.2, 0.25) is 0 Å². The molecule has 6 heteroatoms. The number of carbonyl (C=O) groups excluding carboxylic acids is 2. The molecule has 1 aliphatic rings. The number of amides is 2. The summed E-state index contributed by atoms with van der Waals surface area (Å²) in [5, 5.41) is 2.95. The summed E-state index contributed by atoms with van der Waals surface area (Å²) < 4.78 is 11.3. The molecule has 0 radical (unpaired) electrons. The summed E-state index contributed by atoms with van der Waals surface area (Å²) in [6.45, 7) is 3.19. The van der Waals surface area contributed by atoms with Crippen LogP contribution in [0.5, 0.6) is 5.75 Å². The van der Waals surface area contributed by atoms with Crippen LogP contribution in [0.3, 0.4) is 0 Å². The van der Waals surface area contributed by atoms with E-state index in [9.17, 15) is 9.59 Å². The SMILES string of the molecule is CCCCC(=O)Nc1cccc(-c2cc3c(o2)CCN(C(=O)c2ccc(OC)cc2)C3)c1. The lowest BCUT2D eigenvalue weighted by Gasteiger charge is -2.26. The molecule has 0 saturated heterocycles. The summed E-state index contributed by atoms with van der Waals surface area (Å²) >= 11 is 0. The van der Waals surface area contributed by atoms with E-state index < -0.39 is 0 Å². The van der Waals surface area contributed by atoms with Crippen molar-refractivity contribution in [2.75, 3.05) is 19.0 Å². The first kappa shape index (κ1) is 21.7. The van der Waals surface area contributed by atoms with Crippen molar-refractivity contribution in [1.82, 2.24) is 4.90 Å². The minimum Gasteiger partial charge on any atom is -0.497 e. The Hall–Kier alpha value is -3.54.